The Kier molecular flexibility index (Phi) is 6.54. The number of hydrazine groups is 1. The van der Waals surface area contributed by atoms with Gasteiger partial charge in [0.15, 0.2) is 6.61 Å². The largest absolute Gasteiger partial charge is 0.494 e. The predicted octanol–water partition coefficient (Wildman–Crippen LogP) is 1.35. The molecule has 0 saturated heterocycles. The summed E-state index contributed by atoms with van der Waals surface area (Å²) < 4.78 is 34.7. The molecule has 136 valence electrons. The minimum Gasteiger partial charge on any atom is -0.494 e. The molecule has 0 radical (unpaired) electrons. The molecule has 2 aromatic rings. The number of hydrogen-bond acceptors (Lipinski definition) is 6. The first-order valence-corrected chi connectivity index (χ1v) is 9.10. The molecule has 2 aromatic carbocycles. The van der Waals surface area contributed by atoms with Gasteiger partial charge in [-0.3, -0.25) is 10.2 Å². The Morgan fingerprint density at radius 3 is 2.46 bits per heavy atom. The van der Waals surface area contributed by atoms with Gasteiger partial charge in [-0.1, -0.05) is 12.1 Å². The van der Waals surface area contributed by atoms with Crippen molar-refractivity contribution in [3.63, 3.8) is 0 Å². The highest BCUT2D eigenvalue weighted by Gasteiger charge is 2.15. The molecule has 26 heavy (non-hydrogen) atoms. The number of benzene rings is 2. The molecule has 0 aromatic heterocycles. The maximum Gasteiger partial charge on any atom is 0.272 e. The van der Waals surface area contributed by atoms with Gasteiger partial charge in [-0.05, 0) is 43.3 Å². The van der Waals surface area contributed by atoms with Crippen LogP contribution in [0.15, 0.2) is 53.4 Å². The molecule has 0 aliphatic rings. The number of sulfonamides is 1. The van der Waals surface area contributed by atoms with Crippen LogP contribution in [0.25, 0.3) is 0 Å². The number of nitrogens with zero attached hydrogens (tertiary/aromatic N) is 1. The summed E-state index contributed by atoms with van der Waals surface area (Å²) in [5, 5.41) is 8.94. The first-order chi connectivity index (χ1) is 12.5. The van der Waals surface area contributed by atoms with Crippen molar-refractivity contribution in [1.29, 1.82) is 5.26 Å². The fraction of sp³-hybridized carbons (Fsp3) is 0.176. The maximum atomic E-state index is 12.1. The van der Waals surface area contributed by atoms with Crippen LogP contribution in [0.2, 0.25) is 0 Å². The quantitative estimate of drug-likeness (QED) is 0.673. The van der Waals surface area contributed by atoms with Crippen molar-refractivity contribution in [1.82, 2.24) is 10.3 Å². The molecule has 9 heteroatoms. The zero-order valence-corrected chi connectivity index (χ0v) is 14.7. The predicted molar refractivity (Wildman–Crippen MR) is 92.7 cm³/mol. The zero-order chi connectivity index (χ0) is 19.0. The minimum atomic E-state index is -3.93. The standard InChI is InChI=1S/C17H17N3O5S/c1-2-24-14-7-9-15(10-8-14)26(22,23)20-19-17(21)12-25-16-6-4-3-5-13(16)11-18/h3-10,20H,2,12H2,1H3,(H,19,21). The second kappa shape index (κ2) is 8.84. The summed E-state index contributed by atoms with van der Waals surface area (Å²) in [5.41, 5.74) is 2.33. The molecule has 8 nitrogen and oxygen atoms in total. The molecule has 0 spiro atoms. The fourth-order valence-electron chi connectivity index (χ4n) is 1.93. The van der Waals surface area contributed by atoms with E-state index in [1.807, 2.05) is 17.8 Å². The van der Waals surface area contributed by atoms with Crippen molar-refractivity contribution in [3.8, 4) is 17.6 Å². The molecule has 0 aliphatic heterocycles. The Morgan fingerprint density at radius 1 is 1.12 bits per heavy atom. The molecule has 2 N–H and O–H groups in total. The van der Waals surface area contributed by atoms with Crippen LogP contribution in [-0.4, -0.2) is 27.5 Å². The van der Waals surface area contributed by atoms with Crippen LogP contribution in [-0.2, 0) is 14.8 Å². The molecular formula is C17H17N3O5S. The first kappa shape index (κ1) is 19.2. The SMILES string of the molecule is CCOc1ccc(S(=O)(=O)NNC(=O)COc2ccccc2C#N)cc1. The molecule has 0 saturated carbocycles. The van der Waals surface area contributed by atoms with Crippen molar-refractivity contribution < 1.29 is 22.7 Å². The van der Waals surface area contributed by atoms with E-state index < -0.39 is 22.5 Å². The summed E-state index contributed by atoms with van der Waals surface area (Å²) in [6, 6.07) is 14.1. The van der Waals surface area contributed by atoms with Crippen molar-refractivity contribution in [3.05, 3.63) is 54.1 Å². The lowest BCUT2D eigenvalue weighted by atomic mass is 10.2. The number of rotatable bonds is 8. The summed E-state index contributed by atoms with van der Waals surface area (Å²) in [6.07, 6.45) is 0. The van der Waals surface area contributed by atoms with E-state index in [9.17, 15) is 13.2 Å². The molecule has 0 fully saturated rings. The van der Waals surface area contributed by atoms with Crippen LogP contribution in [0, 0.1) is 11.3 Å². The Balaban J connectivity index is 1.90. The summed E-state index contributed by atoms with van der Waals surface area (Å²) in [4.78, 5) is 13.7. The summed E-state index contributed by atoms with van der Waals surface area (Å²) in [5.74, 6) is 0.0619. The van der Waals surface area contributed by atoms with Gasteiger partial charge in [0.1, 0.15) is 17.6 Å². The lowest BCUT2D eigenvalue weighted by Crippen LogP contribution is -2.43. The van der Waals surface area contributed by atoms with E-state index in [2.05, 4.69) is 5.43 Å². The third-order valence-electron chi connectivity index (χ3n) is 3.14. The number of para-hydroxylation sites is 1. The third-order valence-corrected chi connectivity index (χ3v) is 4.40. The maximum absolute atomic E-state index is 12.1. The highest BCUT2D eigenvalue weighted by Crippen LogP contribution is 2.16. The molecular weight excluding hydrogens is 358 g/mol. The molecule has 0 unspecified atom stereocenters. The Bertz CT molecular complexity index is 905. The van der Waals surface area contributed by atoms with E-state index in [0.717, 1.165) is 0 Å². The highest BCUT2D eigenvalue weighted by atomic mass is 32.2. The van der Waals surface area contributed by atoms with Crippen LogP contribution in [0.5, 0.6) is 11.5 Å². The van der Waals surface area contributed by atoms with Crippen LogP contribution < -0.4 is 19.7 Å². The van der Waals surface area contributed by atoms with Crippen molar-refractivity contribution in [2.75, 3.05) is 13.2 Å². The lowest BCUT2D eigenvalue weighted by molar-refractivity contribution is -0.123. The van der Waals surface area contributed by atoms with E-state index in [-0.39, 0.29) is 16.2 Å². The van der Waals surface area contributed by atoms with E-state index in [1.165, 1.54) is 30.3 Å². The number of hydrogen-bond donors (Lipinski definition) is 2. The Labute approximate surface area is 151 Å². The second-order valence-electron chi connectivity index (χ2n) is 4.95. The summed E-state index contributed by atoms with van der Waals surface area (Å²) in [7, 11) is -3.93. The lowest BCUT2D eigenvalue weighted by Gasteiger charge is -2.10. The smallest absolute Gasteiger partial charge is 0.272 e. The van der Waals surface area contributed by atoms with Crippen LogP contribution in [0.3, 0.4) is 0 Å². The molecule has 0 bridgehead atoms. The molecule has 1 amide bonds. The third kappa shape index (κ3) is 5.20. The molecule has 0 heterocycles. The summed E-state index contributed by atoms with van der Waals surface area (Å²) in [6.45, 7) is 1.83. The van der Waals surface area contributed by atoms with Gasteiger partial charge < -0.3 is 9.47 Å². The Hall–Kier alpha value is -3.09. The number of ether oxygens (including phenoxy) is 2. The number of nitrogens with one attached hydrogen (secondary N) is 2. The fourth-order valence-corrected chi connectivity index (χ4v) is 2.79. The van der Waals surface area contributed by atoms with Gasteiger partial charge >= 0.3 is 0 Å². The number of nitriles is 1. The average molecular weight is 375 g/mol. The average Bonchev–Trinajstić information content (AvgIpc) is 2.65. The topological polar surface area (TPSA) is 118 Å². The van der Waals surface area contributed by atoms with Crippen molar-refractivity contribution >= 4 is 15.9 Å². The second-order valence-corrected chi connectivity index (χ2v) is 6.64. The number of amides is 1. The first-order valence-electron chi connectivity index (χ1n) is 7.61. The normalized spacial score (nSPS) is 10.6. The highest BCUT2D eigenvalue weighted by molar-refractivity contribution is 7.89. The van der Waals surface area contributed by atoms with Gasteiger partial charge in [0.05, 0.1) is 17.1 Å². The number of carbonyl (C=O) groups excluding carboxylic acids is 1. The van der Waals surface area contributed by atoms with Crippen LogP contribution in [0.4, 0.5) is 0 Å². The van der Waals surface area contributed by atoms with Crippen LogP contribution >= 0.6 is 0 Å². The van der Waals surface area contributed by atoms with Gasteiger partial charge in [0, 0.05) is 0 Å². The number of carbonyl (C=O) groups is 1. The molecule has 2 rings (SSSR count). The van der Waals surface area contributed by atoms with Crippen molar-refractivity contribution in [2.45, 2.75) is 11.8 Å². The van der Waals surface area contributed by atoms with Crippen LogP contribution in [0.1, 0.15) is 12.5 Å². The Morgan fingerprint density at radius 2 is 1.81 bits per heavy atom. The zero-order valence-electron chi connectivity index (χ0n) is 13.9. The monoisotopic (exact) mass is 375 g/mol. The van der Waals surface area contributed by atoms with Crippen molar-refractivity contribution in [2.24, 2.45) is 0 Å². The molecule has 0 aliphatic carbocycles. The van der Waals surface area contributed by atoms with Gasteiger partial charge in [0.25, 0.3) is 15.9 Å². The van der Waals surface area contributed by atoms with Gasteiger partial charge in [-0.25, -0.2) is 8.42 Å². The minimum absolute atomic E-state index is 0.0306. The van der Waals surface area contributed by atoms with E-state index in [0.29, 0.717) is 12.4 Å². The van der Waals surface area contributed by atoms with Gasteiger partial charge in [-0.2, -0.15) is 5.26 Å². The molecule has 0 atom stereocenters. The van der Waals surface area contributed by atoms with E-state index in [1.54, 1.807) is 18.2 Å². The van der Waals surface area contributed by atoms with E-state index in [4.69, 9.17) is 14.7 Å². The summed E-state index contributed by atoms with van der Waals surface area (Å²) >= 11 is 0. The van der Waals surface area contributed by atoms with Gasteiger partial charge in [-0.15, -0.1) is 4.83 Å². The van der Waals surface area contributed by atoms with Gasteiger partial charge in [0.2, 0.25) is 0 Å². The van der Waals surface area contributed by atoms with E-state index >= 15 is 0 Å².